The van der Waals surface area contributed by atoms with E-state index in [4.69, 9.17) is 41.9 Å². The molecule has 292 valence electrons. The first-order valence-corrected chi connectivity index (χ1v) is 18.8. The summed E-state index contributed by atoms with van der Waals surface area (Å²) in [4.78, 5) is 49.4. The molecule has 0 spiro atoms. The number of hydrogen-bond acceptors (Lipinski definition) is 9. The average molecular weight is 800 g/mol. The number of ether oxygens (including phenoxy) is 3. The quantitative estimate of drug-likeness (QED) is 0.0787. The maximum absolute atomic E-state index is 14.7. The molecule has 2 aromatic carbocycles. The lowest BCUT2D eigenvalue weighted by molar-refractivity contribution is -0.135. The first-order chi connectivity index (χ1) is 26.2. The van der Waals surface area contributed by atoms with Crippen LogP contribution in [-0.2, 0) is 27.3 Å². The molecule has 2 aromatic heterocycles. The van der Waals surface area contributed by atoms with E-state index < -0.39 is 46.1 Å². The zero-order valence-corrected chi connectivity index (χ0v) is 32.5. The summed E-state index contributed by atoms with van der Waals surface area (Å²) in [6, 6.07) is 11.8. The normalized spacial score (nSPS) is 17.2. The number of pyridine rings is 1. The summed E-state index contributed by atoms with van der Waals surface area (Å²) in [5.41, 5.74) is 0.751. The van der Waals surface area contributed by atoms with Crippen molar-refractivity contribution in [2.45, 2.75) is 77.0 Å². The third-order valence-corrected chi connectivity index (χ3v) is 10.1. The van der Waals surface area contributed by atoms with E-state index in [-0.39, 0.29) is 52.7 Å². The van der Waals surface area contributed by atoms with Crippen molar-refractivity contribution in [3.8, 4) is 17.0 Å². The second-order valence-electron chi connectivity index (χ2n) is 14.7. The fourth-order valence-electron chi connectivity index (χ4n) is 6.59. The van der Waals surface area contributed by atoms with Gasteiger partial charge in [-0.1, -0.05) is 40.5 Å². The van der Waals surface area contributed by atoms with Gasteiger partial charge in [0, 0.05) is 50.8 Å². The number of piperidine rings is 1. The second-order valence-corrected chi connectivity index (χ2v) is 15.5. The van der Waals surface area contributed by atoms with Crippen molar-refractivity contribution >= 4 is 41.1 Å². The van der Waals surface area contributed by atoms with Crippen LogP contribution >= 0.6 is 23.2 Å². The van der Waals surface area contributed by atoms with Gasteiger partial charge in [0.2, 0.25) is 5.91 Å². The van der Waals surface area contributed by atoms with Crippen molar-refractivity contribution in [1.29, 1.82) is 0 Å². The van der Waals surface area contributed by atoms with Gasteiger partial charge in [-0.15, -0.1) is 0 Å². The van der Waals surface area contributed by atoms with E-state index in [0.717, 1.165) is 17.7 Å². The number of imide groups is 1. The van der Waals surface area contributed by atoms with Crippen LogP contribution in [-0.4, -0.2) is 76.3 Å². The minimum absolute atomic E-state index is 0.0248. The number of carbonyl (C=O) groups excluding carboxylic acids is 3. The maximum Gasteiger partial charge on any atom is 0.410 e. The highest BCUT2D eigenvalue weighted by molar-refractivity contribution is 6.34. The number of methoxy groups -OCH3 is 1. The Morgan fingerprint density at radius 1 is 1.02 bits per heavy atom. The van der Waals surface area contributed by atoms with Crippen molar-refractivity contribution in [3.63, 3.8) is 0 Å². The van der Waals surface area contributed by atoms with Crippen LogP contribution in [0.3, 0.4) is 0 Å². The maximum atomic E-state index is 14.7. The van der Waals surface area contributed by atoms with Gasteiger partial charge in [-0.2, -0.15) is 0 Å². The molecule has 2 aliphatic rings. The van der Waals surface area contributed by atoms with Crippen molar-refractivity contribution in [3.05, 3.63) is 99.0 Å². The third-order valence-electron chi connectivity index (χ3n) is 9.42. The monoisotopic (exact) mass is 798 g/mol. The number of rotatable bonds is 12. The fourth-order valence-corrected chi connectivity index (χ4v) is 7.02. The molecule has 2 atom stereocenters. The van der Waals surface area contributed by atoms with Crippen molar-refractivity contribution in [2.75, 3.05) is 26.8 Å². The number of halogens is 4. The minimum atomic E-state index is -0.786. The number of aromatic nitrogens is 2. The summed E-state index contributed by atoms with van der Waals surface area (Å²) in [5, 5.41) is 3.57. The number of carbonyl (C=O) groups is 3. The molecule has 0 N–H and O–H groups in total. The molecule has 1 saturated heterocycles. The molecular formula is C40H42Cl2F2N4O7. The number of benzene rings is 2. The highest BCUT2D eigenvalue weighted by Crippen LogP contribution is 2.39. The van der Waals surface area contributed by atoms with Gasteiger partial charge in [0.05, 0.1) is 27.1 Å². The Morgan fingerprint density at radius 2 is 1.75 bits per heavy atom. The highest BCUT2D eigenvalue weighted by atomic mass is 35.5. The Morgan fingerprint density at radius 3 is 2.44 bits per heavy atom. The van der Waals surface area contributed by atoms with Crippen LogP contribution in [0.2, 0.25) is 10.0 Å². The number of hydrogen-bond donors (Lipinski definition) is 0. The molecule has 55 heavy (non-hydrogen) atoms. The van der Waals surface area contributed by atoms with E-state index in [1.54, 1.807) is 46.1 Å². The van der Waals surface area contributed by atoms with Crippen LogP contribution in [0, 0.1) is 17.6 Å². The van der Waals surface area contributed by atoms with E-state index in [1.807, 2.05) is 12.1 Å². The molecule has 0 radical (unpaired) electrons. The molecule has 1 saturated carbocycles. The Labute approximate surface area is 327 Å². The first kappa shape index (κ1) is 40.1. The Balaban J connectivity index is 1.22. The van der Waals surface area contributed by atoms with Gasteiger partial charge < -0.3 is 23.6 Å². The lowest BCUT2D eigenvalue weighted by Crippen LogP contribution is -2.52. The standard InChI is InChI=1S/C40H42Cl2F2N4O7/c1-40(2,3)54-39(51)47-16-15-28(23-7-11-26(12-8-23)53-22-27-19-34(46-55-27)35-32(43)13-14-33(44)36(35)42)30(21-47)38(50)48(25-9-10-25)37(49)29-18-24(6-5-17-52-4)45-20-31(29)41/h7-8,11-14,18-20,25,28,30H,5-6,9-10,15-17,21-22H2,1-4H3/t28-,30+/m1/s1. The molecular weight excluding hydrogens is 757 g/mol. The highest BCUT2D eigenvalue weighted by Gasteiger charge is 2.46. The number of aryl methyl sites for hydroxylation is 1. The van der Waals surface area contributed by atoms with Crippen molar-refractivity contribution in [2.24, 2.45) is 5.92 Å². The van der Waals surface area contributed by atoms with Gasteiger partial charge in [-0.05, 0) is 94.7 Å². The van der Waals surface area contributed by atoms with E-state index in [2.05, 4.69) is 10.1 Å². The summed E-state index contributed by atoms with van der Waals surface area (Å²) >= 11 is 12.5. The Hall–Kier alpha value is -4.59. The van der Waals surface area contributed by atoms with Gasteiger partial charge in [0.25, 0.3) is 5.91 Å². The number of likely N-dealkylation sites (tertiary alicyclic amines) is 1. The average Bonchev–Trinajstić information content (AvgIpc) is 3.88. The molecule has 1 aliphatic heterocycles. The topological polar surface area (TPSA) is 124 Å². The molecule has 3 amide bonds. The van der Waals surface area contributed by atoms with Crippen LogP contribution in [0.25, 0.3) is 11.3 Å². The molecule has 4 aromatic rings. The summed E-state index contributed by atoms with van der Waals surface area (Å²) in [6.07, 6.45) is 3.93. The molecule has 6 rings (SSSR count). The fraction of sp³-hybridized carbons (Fsp3) is 0.425. The lowest BCUT2D eigenvalue weighted by Gasteiger charge is -2.40. The summed E-state index contributed by atoms with van der Waals surface area (Å²) in [5.74, 6) is -2.83. The zero-order valence-electron chi connectivity index (χ0n) is 31.0. The molecule has 15 heteroatoms. The molecule has 3 heterocycles. The predicted octanol–water partition coefficient (Wildman–Crippen LogP) is 8.65. The van der Waals surface area contributed by atoms with Crippen LogP contribution < -0.4 is 4.74 Å². The predicted molar refractivity (Wildman–Crippen MR) is 200 cm³/mol. The van der Waals surface area contributed by atoms with E-state index in [1.165, 1.54) is 22.1 Å². The van der Waals surface area contributed by atoms with Crippen LogP contribution in [0.15, 0.2) is 59.3 Å². The van der Waals surface area contributed by atoms with E-state index in [9.17, 15) is 23.2 Å². The van der Waals surface area contributed by atoms with Crippen LogP contribution in [0.5, 0.6) is 5.75 Å². The molecule has 0 unspecified atom stereocenters. The third kappa shape index (κ3) is 9.63. The number of amides is 3. The van der Waals surface area contributed by atoms with Crippen molar-refractivity contribution < 1.29 is 41.9 Å². The van der Waals surface area contributed by atoms with Gasteiger partial charge in [-0.3, -0.25) is 19.5 Å². The van der Waals surface area contributed by atoms with Crippen LogP contribution in [0.4, 0.5) is 13.6 Å². The van der Waals surface area contributed by atoms with Gasteiger partial charge in [-0.25, -0.2) is 13.6 Å². The first-order valence-electron chi connectivity index (χ1n) is 18.0. The molecule has 11 nitrogen and oxygen atoms in total. The van der Waals surface area contributed by atoms with Gasteiger partial charge in [0.15, 0.2) is 5.76 Å². The molecule has 0 bridgehead atoms. The van der Waals surface area contributed by atoms with Crippen molar-refractivity contribution in [1.82, 2.24) is 19.9 Å². The molecule has 2 fully saturated rings. The van der Waals surface area contributed by atoms with E-state index >= 15 is 0 Å². The van der Waals surface area contributed by atoms with Crippen LogP contribution in [0.1, 0.15) is 79.7 Å². The smallest absolute Gasteiger partial charge is 0.410 e. The van der Waals surface area contributed by atoms with Gasteiger partial charge >= 0.3 is 6.09 Å². The summed E-state index contributed by atoms with van der Waals surface area (Å²) in [6.45, 7) is 6.18. The number of nitrogens with zero attached hydrogens (tertiary/aromatic N) is 4. The second kappa shape index (κ2) is 17.1. The molecule has 1 aliphatic carbocycles. The SMILES string of the molecule is COCCCc1cc(C(=O)N(C(=O)[C@H]2CN(C(=O)OC(C)(C)C)CC[C@@H]2c2ccc(OCc3cc(-c4c(F)ccc(F)c4Cl)no3)cc2)C2CC2)c(Cl)cn1. The zero-order chi connectivity index (χ0) is 39.4. The largest absolute Gasteiger partial charge is 0.486 e. The summed E-state index contributed by atoms with van der Waals surface area (Å²) < 4.78 is 50.4. The van der Waals surface area contributed by atoms with Gasteiger partial charge in [0.1, 0.15) is 35.3 Å². The Bertz CT molecular complexity index is 2030. The lowest BCUT2D eigenvalue weighted by atomic mass is 9.79. The van der Waals surface area contributed by atoms with E-state index in [0.29, 0.717) is 56.7 Å². The Kier molecular flexibility index (Phi) is 12.4. The summed E-state index contributed by atoms with van der Waals surface area (Å²) in [7, 11) is 1.61. The minimum Gasteiger partial charge on any atom is -0.486 e.